The summed E-state index contributed by atoms with van der Waals surface area (Å²) in [5, 5.41) is 0. The van der Waals surface area contributed by atoms with Crippen LogP contribution < -0.4 is 0 Å². The van der Waals surface area contributed by atoms with E-state index in [0.717, 1.165) is 6.04 Å². The largest absolute Gasteiger partial charge is 0.301 e. The Morgan fingerprint density at radius 2 is 1.57 bits per heavy atom. The van der Waals surface area contributed by atoms with Gasteiger partial charge in [0.25, 0.3) is 0 Å². The minimum atomic E-state index is 0.884. The van der Waals surface area contributed by atoms with E-state index < -0.39 is 0 Å². The molecular formula is C6H15N. The van der Waals surface area contributed by atoms with Crippen molar-refractivity contribution in [3.05, 3.63) is 0 Å². The Labute approximate surface area is 46.3 Å². The van der Waals surface area contributed by atoms with E-state index in [2.05, 4.69) is 18.9 Å². The van der Waals surface area contributed by atoms with Crippen LogP contribution in [0.2, 0.25) is 0 Å². The molecule has 0 amide bonds. The summed E-state index contributed by atoms with van der Waals surface area (Å²) in [5.74, 6) is 0. The molecule has 0 spiro atoms. The van der Waals surface area contributed by atoms with E-state index >= 15 is 0 Å². The number of likely N-dealkylation sites (N-methyl/N-ethyl adjacent to an activating group) is 1. The molecule has 0 aliphatic carbocycles. The maximum atomic E-state index is 2.29. The van der Waals surface area contributed by atoms with E-state index in [-0.39, 0.29) is 0 Å². The molecule has 0 N–H and O–H groups in total. The average molecular weight is 101 g/mol. The van der Waals surface area contributed by atoms with Gasteiger partial charge in [0.1, 0.15) is 0 Å². The van der Waals surface area contributed by atoms with Gasteiger partial charge in [-0.15, -0.1) is 0 Å². The third-order valence-electron chi connectivity index (χ3n) is 1.17. The van der Waals surface area contributed by atoms with Crippen LogP contribution in [0.5, 0.6) is 0 Å². The Morgan fingerprint density at radius 1 is 1.43 bits per heavy atom. The average Bonchev–Trinajstić information content (AvgIpc) is 2.27. The lowest BCUT2D eigenvalue weighted by Crippen LogP contribution is -1.84. The van der Waals surface area contributed by atoms with E-state index in [1.807, 2.05) is 13.8 Å². The molecule has 0 aromatic heterocycles. The molecule has 7 heavy (non-hydrogen) atoms. The molecule has 1 aliphatic heterocycles. The topological polar surface area (TPSA) is 3.01 Å². The Hall–Kier alpha value is -0.0400. The highest BCUT2D eigenvalue weighted by atomic mass is 15.3. The first-order valence-electron chi connectivity index (χ1n) is 3.01. The van der Waals surface area contributed by atoms with E-state index in [0.29, 0.717) is 0 Å². The maximum Gasteiger partial charge on any atom is 0.0192 e. The second-order valence-electron chi connectivity index (χ2n) is 1.79. The summed E-state index contributed by atoms with van der Waals surface area (Å²) in [6.45, 7) is 7.53. The van der Waals surface area contributed by atoms with Crippen LogP contribution in [-0.4, -0.2) is 24.5 Å². The highest BCUT2D eigenvalue weighted by Gasteiger charge is 2.22. The molecule has 1 fully saturated rings. The lowest BCUT2D eigenvalue weighted by Gasteiger charge is -1.75. The van der Waals surface area contributed by atoms with Crippen LogP contribution in [0.25, 0.3) is 0 Å². The zero-order valence-electron chi connectivity index (χ0n) is 5.73. The van der Waals surface area contributed by atoms with Gasteiger partial charge in [0.05, 0.1) is 0 Å². The zero-order chi connectivity index (χ0) is 5.86. The van der Waals surface area contributed by atoms with Crippen molar-refractivity contribution in [1.82, 2.24) is 4.90 Å². The van der Waals surface area contributed by atoms with Gasteiger partial charge in [-0.25, -0.2) is 0 Å². The van der Waals surface area contributed by atoms with E-state index in [1.165, 1.54) is 6.54 Å². The lowest BCUT2D eigenvalue weighted by atomic mass is 10.6. The van der Waals surface area contributed by atoms with Gasteiger partial charge in [0, 0.05) is 12.6 Å². The Bertz CT molecular complexity index is 37.4. The minimum Gasteiger partial charge on any atom is -0.301 e. The van der Waals surface area contributed by atoms with Crippen LogP contribution >= 0.6 is 0 Å². The minimum absolute atomic E-state index is 0.884. The number of hydrogen-bond acceptors (Lipinski definition) is 1. The maximum absolute atomic E-state index is 2.29. The van der Waals surface area contributed by atoms with Crippen molar-refractivity contribution in [2.24, 2.45) is 0 Å². The summed E-state index contributed by atoms with van der Waals surface area (Å²) in [6, 6.07) is 0.884. The second kappa shape index (κ2) is 3.03. The van der Waals surface area contributed by atoms with Crippen molar-refractivity contribution in [1.29, 1.82) is 0 Å². The van der Waals surface area contributed by atoms with Gasteiger partial charge < -0.3 is 4.90 Å². The fourth-order valence-electron chi connectivity index (χ4n) is 0.370. The molecule has 2 atom stereocenters. The van der Waals surface area contributed by atoms with Crippen LogP contribution in [0.4, 0.5) is 0 Å². The van der Waals surface area contributed by atoms with Crippen molar-refractivity contribution in [2.45, 2.75) is 26.8 Å². The molecule has 1 rings (SSSR count). The second-order valence-corrected chi connectivity index (χ2v) is 1.79. The summed E-state index contributed by atoms with van der Waals surface area (Å²) in [5.41, 5.74) is 0. The van der Waals surface area contributed by atoms with E-state index in [1.54, 1.807) is 0 Å². The molecule has 1 heterocycles. The van der Waals surface area contributed by atoms with Crippen molar-refractivity contribution >= 4 is 0 Å². The van der Waals surface area contributed by atoms with Gasteiger partial charge >= 0.3 is 0 Å². The van der Waals surface area contributed by atoms with Gasteiger partial charge in [0.2, 0.25) is 0 Å². The molecule has 0 aromatic rings. The standard InChI is InChI=1S/C4H9N.C2H6/c1-4-3-5(4)2;1-2/h4H,3H2,1-2H3;1-2H3. The van der Waals surface area contributed by atoms with E-state index in [9.17, 15) is 0 Å². The number of hydrogen-bond donors (Lipinski definition) is 0. The third-order valence-corrected chi connectivity index (χ3v) is 1.17. The van der Waals surface area contributed by atoms with Crippen LogP contribution in [0.1, 0.15) is 20.8 Å². The Balaban J connectivity index is 0.000000162. The quantitative estimate of drug-likeness (QED) is 0.416. The molecule has 0 bridgehead atoms. The van der Waals surface area contributed by atoms with Crippen LogP contribution in [0.3, 0.4) is 0 Å². The van der Waals surface area contributed by atoms with Crippen LogP contribution in [-0.2, 0) is 0 Å². The molecule has 44 valence electrons. The summed E-state index contributed by atoms with van der Waals surface area (Å²) in [7, 11) is 2.13. The Kier molecular flexibility index (Phi) is 3.01. The first-order valence-corrected chi connectivity index (χ1v) is 3.01. The third kappa shape index (κ3) is 2.63. The van der Waals surface area contributed by atoms with Gasteiger partial charge in [-0.05, 0) is 14.0 Å². The molecule has 1 nitrogen and oxygen atoms in total. The molecule has 0 saturated carbocycles. The predicted molar refractivity (Wildman–Crippen MR) is 33.4 cm³/mol. The van der Waals surface area contributed by atoms with Crippen molar-refractivity contribution in [3.63, 3.8) is 0 Å². The SMILES string of the molecule is CC.CC1CN1C. The van der Waals surface area contributed by atoms with Crippen molar-refractivity contribution < 1.29 is 0 Å². The van der Waals surface area contributed by atoms with Gasteiger partial charge in [-0.3, -0.25) is 0 Å². The lowest BCUT2D eigenvalue weighted by molar-refractivity contribution is 0.638. The van der Waals surface area contributed by atoms with E-state index in [4.69, 9.17) is 0 Å². The molecular weight excluding hydrogens is 86.1 g/mol. The molecule has 0 aromatic carbocycles. The van der Waals surface area contributed by atoms with Gasteiger partial charge in [0.15, 0.2) is 0 Å². The normalized spacial score (nSPS) is 36.0. The highest BCUT2D eigenvalue weighted by Crippen LogP contribution is 2.09. The molecule has 1 heteroatoms. The predicted octanol–water partition coefficient (Wildman–Crippen LogP) is 1.35. The summed E-state index contributed by atoms with van der Waals surface area (Å²) in [6.07, 6.45) is 0. The zero-order valence-corrected chi connectivity index (χ0v) is 5.73. The number of nitrogens with zero attached hydrogens (tertiary/aromatic N) is 1. The first-order chi connectivity index (χ1) is 3.30. The van der Waals surface area contributed by atoms with Gasteiger partial charge in [-0.2, -0.15) is 0 Å². The molecule has 1 saturated heterocycles. The molecule has 0 radical (unpaired) electrons. The number of rotatable bonds is 0. The van der Waals surface area contributed by atoms with Gasteiger partial charge in [-0.1, -0.05) is 13.8 Å². The highest BCUT2D eigenvalue weighted by molar-refractivity contribution is 4.79. The Morgan fingerprint density at radius 3 is 1.57 bits per heavy atom. The summed E-state index contributed by atoms with van der Waals surface area (Å²) in [4.78, 5) is 2.29. The first kappa shape index (κ1) is 6.96. The summed E-state index contributed by atoms with van der Waals surface area (Å²) >= 11 is 0. The monoisotopic (exact) mass is 101 g/mol. The van der Waals surface area contributed by atoms with Crippen molar-refractivity contribution in [2.75, 3.05) is 13.6 Å². The molecule has 2 unspecified atom stereocenters. The van der Waals surface area contributed by atoms with Crippen molar-refractivity contribution in [3.8, 4) is 0 Å². The fraction of sp³-hybridized carbons (Fsp3) is 1.00. The van der Waals surface area contributed by atoms with Crippen LogP contribution in [0, 0.1) is 0 Å². The smallest absolute Gasteiger partial charge is 0.0192 e. The fourth-order valence-corrected chi connectivity index (χ4v) is 0.370. The van der Waals surface area contributed by atoms with Crippen LogP contribution in [0.15, 0.2) is 0 Å². The summed E-state index contributed by atoms with van der Waals surface area (Å²) < 4.78 is 0. The molecule has 1 aliphatic rings.